The Labute approximate surface area is 192 Å². The predicted molar refractivity (Wildman–Crippen MR) is 127 cm³/mol. The van der Waals surface area contributed by atoms with Crippen LogP contribution >= 0.6 is 0 Å². The van der Waals surface area contributed by atoms with Crippen molar-refractivity contribution in [1.82, 2.24) is 0 Å². The molecule has 7 nitrogen and oxygen atoms in total. The lowest BCUT2D eigenvalue weighted by Gasteiger charge is -2.09. The summed E-state index contributed by atoms with van der Waals surface area (Å²) in [5.74, 6) is 0.270. The van der Waals surface area contributed by atoms with Gasteiger partial charge in [0.15, 0.2) is 6.61 Å². The van der Waals surface area contributed by atoms with Gasteiger partial charge in [-0.15, -0.1) is 0 Å². The van der Waals surface area contributed by atoms with Crippen LogP contribution in [0.2, 0.25) is 0 Å². The first-order valence-corrected chi connectivity index (χ1v) is 10.1. The van der Waals surface area contributed by atoms with Crippen molar-refractivity contribution in [2.24, 2.45) is 0 Å². The van der Waals surface area contributed by atoms with Gasteiger partial charge in [0.05, 0.1) is 7.11 Å². The Bertz CT molecular complexity index is 1190. The summed E-state index contributed by atoms with van der Waals surface area (Å²) >= 11 is 0. The van der Waals surface area contributed by atoms with Crippen molar-refractivity contribution >= 4 is 29.3 Å². The van der Waals surface area contributed by atoms with Gasteiger partial charge in [-0.25, -0.2) is 0 Å². The zero-order valence-electron chi connectivity index (χ0n) is 18.3. The van der Waals surface area contributed by atoms with E-state index >= 15 is 0 Å². The highest BCUT2D eigenvalue weighted by atomic mass is 16.5. The van der Waals surface area contributed by atoms with Crippen molar-refractivity contribution in [1.29, 1.82) is 5.26 Å². The number of hydrogen-bond donors (Lipinski definition) is 2. The lowest BCUT2D eigenvalue weighted by molar-refractivity contribution is -0.118. The number of carbonyl (C=O) groups is 2. The molecule has 0 saturated carbocycles. The van der Waals surface area contributed by atoms with Crippen molar-refractivity contribution < 1.29 is 19.1 Å². The molecule has 0 atom stereocenters. The Morgan fingerprint density at radius 1 is 0.939 bits per heavy atom. The molecule has 0 saturated heterocycles. The molecular formula is C26H23N3O4. The number of carbonyl (C=O) groups excluding carboxylic acids is 2. The van der Waals surface area contributed by atoms with Crippen LogP contribution in [0.1, 0.15) is 11.1 Å². The monoisotopic (exact) mass is 441 g/mol. The van der Waals surface area contributed by atoms with Crippen molar-refractivity contribution in [2.75, 3.05) is 24.4 Å². The summed E-state index contributed by atoms with van der Waals surface area (Å²) in [5.41, 5.74) is 2.85. The van der Waals surface area contributed by atoms with Gasteiger partial charge in [0.1, 0.15) is 23.1 Å². The second-order valence-electron chi connectivity index (χ2n) is 7.13. The highest BCUT2D eigenvalue weighted by Gasteiger charge is 2.10. The number of nitrogens with one attached hydrogen (secondary N) is 2. The molecule has 7 heteroatoms. The van der Waals surface area contributed by atoms with Crippen molar-refractivity contribution in [3.8, 4) is 17.6 Å². The van der Waals surface area contributed by atoms with E-state index in [4.69, 9.17) is 9.47 Å². The summed E-state index contributed by atoms with van der Waals surface area (Å²) in [7, 11) is 1.55. The fraction of sp³-hybridized carbons (Fsp3) is 0.115. The van der Waals surface area contributed by atoms with Gasteiger partial charge < -0.3 is 20.1 Å². The minimum absolute atomic E-state index is 0.0694. The third-order valence-electron chi connectivity index (χ3n) is 4.59. The largest absolute Gasteiger partial charge is 0.497 e. The van der Waals surface area contributed by atoms with Gasteiger partial charge in [-0.2, -0.15) is 5.26 Å². The highest BCUT2D eigenvalue weighted by molar-refractivity contribution is 6.09. The second kappa shape index (κ2) is 11.2. The van der Waals surface area contributed by atoms with E-state index in [0.29, 0.717) is 28.4 Å². The van der Waals surface area contributed by atoms with E-state index in [2.05, 4.69) is 10.6 Å². The normalized spacial score (nSPS) is 10.6. The van der Waals surface area contributed by atoms with E-state index in [1.54, 1.807) is 55.6 Å². The highest BCUT2D eigenvalue weighted by Crippen LogP contribution is 2.18. The average molecular weight is 441 g/mol. The third kappa shape index (κ3) is 6.97. The minimum Gasteiger partial charge on any atom is -0.497 e. The van der Waals surface area contributed by atoms with Crippen molar-refractivity contribution in [2.45, 2.75) is 6.92 Å². The number of benzene rings is 3. The predicted octanol–water partition coefficient (Wildman–Crippen LogP) is 4.57. The van der Waals surface area contributed by atoms with Gasteiger partial charge in [-0.3, -0.25) is 9.59 Å². The van der Waals surface area contributed by atoms with Crippen LogP contribution in [0.3, 0.4) is 0 Å². The number of ether oxygens (including phenoxy) is 2. The van der Waals surface area contributed by atoms with Crippen molar-refractivity contribution in [3.05, 3.63) is 89.5 Å². The van der Waals surface area contributed by atoms with Crippen LogP contribution < -0.4 is 20.1 Å². The van der Waals surface area contributed by atoms with E-state index in [-0.39, 0.29) is 18.1 Å². The summed E-state index contributed by atoms with van der Waals surface area (Å²) in [6, 6.07) is 22.9. The molecule has 2 N–H and O–H groups in total. The van der Waals surface area contributed by atoms with Gasteiger partial charge in [-0.1, -0.05) is 29.8 Å². The second-order valence-corrected chi connectivity index (χ2v) is 7.13. The lowest BCUT2D eigenvalue weighted by Crippen LogP contribution is -2.20. The van der Waals surface area contributed by atoms with Gasteiger partial charge in [0.25, 0.3) is 11.8 Å². The Kier molecular flexibility index (Phi) is 7.81. The van der Waals surface area contributed by atoms with Crippen LogP contribution in [-0.2, 0) is 9.59 Å². The van der Waals surface area contributed by atoms with Gasteiger partial charge in [0.2, 0.25) is 0 Å². The molecule has 33 heavy (non-hydrogen) atoms. The summed E-state index contributed by atoms with van der Waals surface area (Å²) in [5, 5.41) is 14.9. The molecule has 0 spiro atoms. The Balaban J connectivity index is 1.61. The number of hydrogen-bond acceptors (Lipinski definition) is 5. The molecule has 3 rings (SSSR count). The standard InChI is InChI=1S/C26H23N3O4/c1-18-6-8-21(9-7-18)28-25(30)17-33-24-5-3-4-19(15-24)14-20(16-27)26(31)29-22-10-12-23(32-2)13-11-22/h3-15H,17H2,1-2H3,(H,28,30)(H,29,31)/b20-14-. The van der Waals surface area contributed by atoms with Gasteiger partial charge in [0, 0.05) is 11.4 Å². The Hall–Kier alpha value is -4.57. The number of nitrogens with zero attached hydrogens (tertiary/aromatic N) is 1. The summed E-state index contributed by atoms with van der Waals surface area (Å²) in [4.78, 5) is 24.6. The first-order valence-electron chi connectivity index (χ1n) is 10.1. The van der Waals surface area contributed by atoms with Gasteiger partial charge in [-0.05, 0) is 67.1 Å². The van der Waals surface area contributed by atoms with E-state index in [9.17, 15) is 14.9 Å². The molecular weight excluding hydrogens is 418 g/mol. The van der Waals surface area contributed by atoms with Crippen LogP contribution in [-0.4, -0.2) is 25.5 Å². The maximum atomic E-state index is 12.5. The average Bonchev–Trinajstić information content (AvgIpc) is 2.83. The fourth-order valence-corrected chi connectivity index (χ4v) is 2.87. The molecule has 2 amide bonds. The van der Waals surface area contributed by atoms with Crippen LogP contribution in [0.5, 0.6) is 11.5 Å². The maximum Gasteiger partial charge on any atom is 0.266 e. The maximum absolute atomic E-state index is 12.5. The molecule has 0 aliphatic rings. The number of amides is 2. The smallest absolute Gasteiger partial charge is 0.266 e. The molecule has 0 unspecified atom stereocenters. The topological polar surface area (TPSA) is 100 Å². The molecule has 0 aromatic heterocycles. The molecule has 0 heterocycles. The summed E-state index contributed by atoms with van der Waals surface area (Å²) < 4.78 is 10.6. The first-order chi connectivity index (χ1) is 16.0. The molecule has 0 aliphatic carbocycles. The summed E-state index contributed by atoms with van der Waals surface area (Å²) in [6.45, 7) is 1.79. The summed E-state index contributed by atoms with van der Waals surface area (Å²) in [6.07, 6.45) is 1.46. The number of rotatable bonds is 8. The zero-order chi connectivity index (χ0) is 23.6. The molecule has 3 aromatic rings. The van der Waals surface area contributed by atoms with E-state index in [0.717, 1.165) is 5.56 Å². The number of anilines is 2. The number of nitriles is 1. The molecule has 0 bridgehead atoms. The molecule has 0 fully saturated rings. The Morgan fingerprint density at radius 2 is 1.61 bits per heavy atom. The van der Waals surface area contributed by atoms with Crippen molar-refractivity contribution in [3.63, 3.8) is 0 Å². The Morgan fingerprint density at radius 3 is 2.27 bits per heavy atom. The van der Waals surface area contributed by atoms with E-state index < -0.39 is 5.91 Å². The number of aryl methyl sites for hydroxylation is 1. The van der Waals surface area contributed by atoms with Gasteiger partial charge >= 0.3 is 0 Å². The van der Waals surface area contributed by atoms with Crippen LogP contribution in [0.15, 0.2) is 78.4 Å². The quantitative estimate of drug-likeness (QED) is 0.394. The fourth-order valence-electron chi connectivity index (χ4n) is 2.87. The van der Waals surface area contributed by atoms with Crippen LogP contribution in [0, 0.1) is 18.3 Å². The lowest BCUT2D eigenvalue weighted by atomic mass is 10.1. The SMILES string of the molecule is COc1ccc(NC(=O)/C(C#N)=C\c2cccc(OCC(=O)Nc3ccc(C)cc3)c2)cc1. The van der Waals surface area contributed by atoms with E-state index in [1.807, 2.05) is 37.3 Å². The molecule has 0 aliphatic heterocycles. The third-order valence-corrected chi connectivity index (χ3v) is 4.59. The molecule has 166 valence electrons. The molecule has 3 aromatic carbocycles. The number of methoxy groups -OCH3 is 1. The molecule has 0 radical (unpaired) electrons. The minimum atomic E-state index is -0.536. The van der Waals surface area contributed by atoms with E-state index in [1.165, 1.54) is 6.08 Å². The first kappa shape index (κ1) is 23.1. The van der Waals surface area contributed by atoms with Crippen LogP contribution in [0.4, 0.5) is 11.4 Å². The van der Waals surface area contributed by atoms with Crippen LogP contribution in [0.25, 0.3) is 6.08 Å². The zero-order valence-corrected chi connectivity index (χ0v) is 18.3.